The Balaban J connectivity index is 1.20. The van der Waals surface area contributed by atoms with Crippen LogP contribution in [0.2, 0.25) is 0 Å². The van der Waals surface area contributed by atoms with E-state index in [0.717, 1.165) is 81.9 Å². The molecule has 0 saturated carbocycles. The van der Waals surface area contributed by atoms with Crippen LogP contribution in [-0.4, -0.2) is 54.1 Å². The zero-order chi connectivity index (χ0) is 41.8. The summed E-state index contributed by atoms with van der Waals surface area (Å²) in [6.45, 7) is 0.532. The van der Waals surface area contributed by atoms with Crippen molar-refractivity contribution < 1.29 is 24.5 Å². The normalized spacial score (nSPS) is 12.0. The van der Waals surface area contributed by atoms with Gasteiger partial charge < -0.3 is 26.0 Å². The smallest absolute Gasteiger partial charge is 0.163 e. The van der Waals surface area contributed by atoms with Crippen LogP contribution in [0.15, 0.2) is 115 Å². The number of hydrogen-bond acceptors (Lipinski definition) is 8. The highest BCUT2D eigenvalue weighted by Crippen LogP contribution is 2.35. The summed E-state index contributed by atoms with van der Waals surface area (Å²) < 4.78 is 5.43. The quantitative estimate of drug-likeness (QED) is 0.0262. The lowest BCUT2D eigenvalue weighted by Gasteiger charge is -2.17. The predicted molar refractivity (Wildman–Crippen MR) is 239 cm³/mol. The number of nitrogen functional groups attached to an aromatic ring is 1. The van der Waals surface area contributed by atoms with Crippen LogP contribution in [0.3, 0.4) is 0 Å². The van der Waals surface area contributed by atoms with E-state index in [1.165, 1.54) is 35.4 Å². The Labute approximate surface area is 350 Å². The molecule has 1 unspecified atom stereocenters. The minimum absolute atomic E-state index is 0.0595. The zero-order valence-electron chi connectivity index (χ0n) is 34.8. The van der Waals surface area contributed by atoms with Crippen LogP contribution in [0.1, 0.15) is 89.5 Å². The molecule has 8 heteroatoms. The van der Waals surface area contributed by atoms with Crippen LogP contribution in [0, 0.1) is 5.92 Å². The number of pyridine rings is 1. The molecule has 0 amide bonds. The number of Topliss-reactive ketones (excluding diaryl/α,β-unsaturated/α-hetero) is 1. The molecule has 310 valence electrons. The first-order valence-electron chi connectivity index (χ1n) is 21.0. The Bertz CT molecular complexity index is 2120. The lowest BCUT2D eigenvalue weighted by atomic mass is 9.91. The molecule has 0 spiro atoms. The monoisotopic (exact) mass is 795 g/mol. The maximum Gasteiger partial charge on any atom is 0.163 e. The molecule has 0 aliphatic rings. The van der Waals surface area contributed by atoms with E-state index in [1.54, 1.807) is 18.3 Å². The summed E-state index contributed by atoms with van der Waals surface area (Å²) in [6.07, 6.45) is 13.0. The highest BCUT2D eigenvalue weighted by Gasteiger charge is 2.18. The lowest BCUT2D eigenvalue weighted by Crippen LogP contribution is -2.19. The van der Waals surface area contributed by atoms with Crippen molar-refractivity contribution in [2.75, 3.05) is 33.0 Å². The first-order valence-corrected chi connectivity index (χ1v) is 21.0. The molecule has 0 aliphatic carbocycles. The number of anilines is 1. The molecule has 0 fully saturated rings. The summed E-state index contributed by atoms with van der Waals surface area (Å²) in [5.74, 6) is 0.669. The van der Waals surface area contributed by atoms with Gasteiger partial charge in [-0.3, -0.25) is 9.59 Å². The van der Waals surface area contributed by atoms with Gasteiger partial charge in [0.25, 0.3) is 0 Å². The SMILES string of the molecule is CNCC(CCCCCC(=O)CC(=O)C=C(CO)c1cc(OC)c(O)cc1Cc1cnc(N)cc1CCc1cccc(CCc2ccccc2)c1)CCc1ccccc1. The van der Waals surface area contributed by atoms with Crippen molar-refractivity contribution in [1.82, 2.24) is 10.3 Å². The lowest BCUT2D eigenvalue weighted by molar-refractivity contribution is -0.124. The number of rotatable bonds is 25. The highest BCUT2D eigenvalue weighted by atomic mass is 16.5. The minimum atomic E-state index is -0.438. The number of carbonyl (C=O) groups excluding carboxylic acids is 2. The van der Waals surface area contributed by atoms with Crippen LogP contribution < -0.4 is 15.8 Å². The summed E-state index contributed by atoms with van der Waals surface area (Å²) in [6, 6.07) is 34.9. The molecule has 0 bridgehead atoms. The molecule has 8 nitrogen and oxygen atoms in total. The van der Waals surface area contributed by atoms with Crippen LogP contribution >= 0.6 is 0 Å². The van der Waals surface area contributed by atoms with E-state index in [1.807, 2.05) is 25.2 Å². The maximum atomic E-state index is 13.3. The summed E-state index contributed by atoms with van der Waals surface area (Å²) >= 11 is 0. The van der Waals surface area contributed by atoms with Crippen molar-refractivity contribution in [3.05, 3.63) is 160 Å². The number of allylic oxidation sites excluding steroid dienone is 1. The number of aromatic hydroxyl groups is 1. The van der Waals surface area contributed by atoms with Gasteiger partial charge in [0.2, 0.25) is 0 Å². The number of ether oxygens (including phenoxy) is 1. The fourth-order valence-corrected chi connectivity index (χ4v) is 7.84. The Morgan fingerprint density at radius 1 is 0.763 bits per heavy atom. The summed E-state index contributed by atoms with van der Waals surface area (Å²) in [5.41, 5.74) is 14.9. The number of ketones is 2. The summed E-state index contributed by atoms with van der Waals surface area (Å²) in [5, 5.41) is 24.7. The number of hydrogen-bond donors (Lipinski definition) is 4. The van der Waals surface area contributed by atoms with Gasteiger partial charge in [-0.05, 0) is 152 Å². The van der Waals surface area contributed by atoms with Gasteiger partial charge in [0.1, 0.15) is 11.6 Å². The van der Waals surface area contributed by atoms with E-state index >= 15 is 0 Å². The van der Waals surface area contributed by atoms with Gasteiger partial charge in [0.05, 0.1) is 20.1 Å². The van der Waals surface area contributed by atoms with Gasteiger partial charge >= 0.3 is 0 Å². The third kappa shape index (κ3) is 14.6. The van der Waals surface area contributed by atoms with Crippen LogP contribution in [-0.2, 0) is 48.1 Å². The van der Waals surface area contributed by atoms with Crippen molar-refractivity contribution in [3.8, 4) is 11.5 Å². The second-order valence-corrected chi connectivity index (χ2v) is 15.6. The number of aromatic nitrogens is 1. The molecular weight excluding hydrogens is 735 g/mol. The molecule has 5 N–H and O–H groups in total. The van der Waals surface area contributed by atoms with Gasteiger partial charge in [-0.1, -0.05) is 97.8 Å². The highest BCUT2D eigenvalue weighted by molar-refractivity contribution is 6.07. The molecule has 1 atom stereocenters. The molecule has 0 aliphatic heterocycles. The number of aliphatic hydroxyl groups is 1. The Hall–Kier alpha value is -5.57. The van der Waals surface area contributed by atoms with Crippen LogP contribution in [0.25, 0.3) is 5.57 Å². The van der Waals surface area contributed by atoms with E-state index in [9.17, 15) is 19.8 Å². The van der Waals surface area contributed by atoms with Gasteiger partial charge in [0.15, 0.2) is 17.3 Å². The number of nitrogens with one attached hydrogen (secondary N) is 1. The average molecular weight is 796 g/mol. The molecule has 1 aromatic heterocycles. The van der Waals surface area contributed by atoms with Crippen molar-refractivity contribution in [1.29, 1.82) is 0 Å². The van der Waals surface area contributed by atoms with Gasteiger partial charge in [-0.15, -0.1) is 0 Å². The number of phenols is 1. The second kappa shape index (κ2) is 23.7. The summed E-state index contributed by atoms with van der Waals surface area (Å²) in [7, 11) is 3.44. The number of aliphatic hydroxyl groups excluding tert-OH is 1. The number of carbonyl (C=O) groups is 2. The molecule has 1 heterocycles. The average Bonchev–Trinajstić information content (AvgIpc) is 3.25. The van der Waals surface area contributed by atoms with Crippen molar-refractivity contribution >= 4 is 23.0 Å². The van der Waals surface area contributed by atoms with E-state index in [-0.39, 0.29) is 29.5 Å². The van der Waals surface area contributed by atoms with Gasteiger partial charge in [0, 0.05) is 12.6 Å². The fourth-order valence-electron chi connectivity index (χ4n) is 7.84. The van der Waals surface area contributed by atoms with Crippen LogP contribution in [0.4, 0.5) is 5.82 Å². The standard InChI is InChI=1S/C51H61N3O5/c1-53-34-41(24-22-38-15-8-4-9-16-38)17-10-5-11-20-46(56)32-47(57)29-45(36-55)48-33-50(59-2)49(58)30-43(48)28-44-35-54-51(52)31-42(44)26-25-40-19-12-18-39(27-40)23-21-37-13-6-3-7-14-37/h3-4,6-9,12-16,18-19,27,29-31,33,35,41,53,55,58H,5,10-11,17,20-26,28,32,34,36H2,1-2H3,(H2,52,54). The molecule has 0 radical (unpaired) electrons. The van der Waals surface area contributed by atoms with E-state index in [2.05, 4.69) is 83.1 Å². The molecular formula is C51H61N3O5. The summed E-state index contributed by atoms with van der Waals surface area (Å²) in [4.78, 5) is 30.6. The van der Waals surface area contributed by atoms with E-state index < -0.39 is 6.61 Å². The zero-order valence-corrected chi connectivity index (χ0v) is 34.8. The maximum absolute atomic E-state index is 13.3. The Morgan fingerprint density at radius 3 is 2.10 bits per heavy atom. The van der Waals surface area contributed by atoms with Crippen molar-refractivity contribution in [3.63, 3.8) is 0 Å². The number of benzene rings is 4. The number of nitrogens with two attached hydrogens (primary N) is 1. The third-order valence-electron chi connectivity index (χ3n) is 11.1. The first-order chi connectivity index (χ1) is 28.7. The molecule has 4 aromatic carbocycles. The van der Waals surface area contributed by atoms with Crippen molar-refractivity contribution in [2.45, 2.75) is 83.5 Å². The number of methoxy groups -OCH3 is 1. The largest absolute Gasteiger partial charge is 0.504 e. The molecule has 5 rings (SSSR count). The van der Waals surface area contributed by atoms with E-state index in [4.69, 9.17) is 10.5 Å². The topological polar surface area (TPSA) is 135 Å². The number of phenolic OH excluding ortho intramolecular Hbond substituents is 1. The van der Waals surface area contributed by atoms with Crippen molar-refractivity contribution in [2.24, 2.45) is 5.92 Å². The number of aryl methyl sites for hydroxylation is 5. The molecule has 59 heavy (non-hydrogen) atoms. The fraction of sp³-hybridized carbons (Fsp3) is 0.353. The third-order valence-corrected chi connectivity index (χ3v) is 11.1. The van der Waals surface area contributed by atoms with Crippen LogP contribution in [0.5, 0.6) is 11.5 Å². The van der Waals surface area contributed by atoms with E-state index in [0.29, 0.717) is 41.3 Å². The minimum Gasteiger partial charge on any atom is -0.504 e. The predicted octanol–water partition coefficient (Wildman–Crippen LogP) is 8.86. The molecule has 5 aromatic rings. The first kappa shape index (κ1) is 44.5. The Kier molecular flexibility index (Phi) is 17.9. The van der Waals surface area contributed by atoms with Gasteiger partial charge in [-0.25, -0.2) is 4.98 Å². The second-order valence-electron chi connectivity index (χ2n) is 15.6. The molecule has 0 saturated heterocycles. The number of nitrogens with zero attached hydrogens (tertiary/aromatic N) is 1. The Morgan fingerprint density at radius 2 is 1.42 bits per heavy atom. The van der Waals surface area contributed by atoms with Gasteiger partial charge in [-0.2, -0.15) is 0 Å². The number of unbranched alkanes of at least 4 members (excludes halogenated alkanes) is 2.